The van der Waals surface area contributed by atoms with E-state index in [9.17, 15) is 13.2 Å². The van der Waals surface area contributed by atoms with Crippen LogP contribution in [0.4, 0.5) is 0 Å². The SMILES string of the molecule is CCNC(C)c1cccc(S(=O)(=O)NCCNC(C)=O)c1. The van der Waals surface area contributed by atoms with E-state index in [0.29, 0.717) is 0 Å². The third-order valence-corrected chi connectivity index (χ3v) is 4.43. The van der Waals surface area contributed by atoms with Gasteiger partial charge < -0.3 is 10.6 Å². The highest BCUT2D eigenvalue weighted by Crippen LogP contribution is 2.17. The van der Waals surface area contributed by atoms with E-state index in [0.717, 1.165) is 12.1 Å². The molecule has 0 aromatic heterocycles. The highest BCUT2D eigenvalue weighted by molar-refractivity contribution is 7.89. The van der Waals surface area contributed by atoms with Gasteiger partial charge in [-0.2, -0.15) is 0 Å². The van der Waals surface area contributed by atoms with E-state index in [1.54, 1.807) is 18.2 Å². The van der Waals surface area contributed by atoms with E-state index >= 15 is 0 Å². The van der Waals surface area contributed by atoms with Crippen LogP contribution in [0.1, 0.15) is 32.4 Å². The van der Waals surface area contributed by atoms with E-state index in [-0.39, 0.29) is 29.9 Å². The highest BCUT2D eigenvalue weighted by atomic mass is 32.2. The average molecular weight is 313 g/mol. The van der Waals surface area contributed by atoms with Crippen molar-refractivity contribution in [2.45, 2.75) is 31.7 Å². The van der Waals surface area contributed by atoms with Gasteiger partial charge in [0.2, 0.25) is 15.9 Å². The highest BCUT2D eigenvalue weighted by Gasteiger charge is 2.15. The lowest BCUT2D eigenvalue weighted by Crippen LogP contribution is -2.33. The van der Waals surface area contributed by atoms with Gasteiger partial charge in [0.05, 0.1) is 4.90 Å². The molecule has 0 spiro atoms. The first-order valence-corrected chi connectivity index (χ1v) is 8.42. The van der Waals surface area contributed by atoms with Gasteiger partial charge in [0.15, 0.2) is 0 Å². The second-order valence-corrected chi connectivity index (χ2v) is 6.50. The standard InChI is InChI=1S/C14H23N3O3S/c1-4-15-11(2)13-6-5-7-14(10-13)21(19,20)17-9-8-16-12(3)18/h5-7,10-11,15,17H,4,8-9H2,1-3H3,(H,16,18). The third kappa shape index (κ3) is 5.82. The summed E-state index contributed by atoms with van der Waals surface area (Å²) in [6.45, 7) is 6.62. The molecule has 0 bridgehead atoms. The molecule has 0 radical (unpaired) electrons. The van der Waals surface area contributed by atoms with Crippen LogP contribution in [0.15, 0.2) is 29.2 Å². The van der Waals surface area contributed by atoms with Crippen LogP contribution in [0, 0.1) is 0 Å². The summed E-state index contributed by atoms with van der Waals surface area (Å²) in [5, 5.41) is 5.78. The predicted octanol–water partition coefficient (Wildman–Crippen LogP) is 0.772. The van der Waals surface area contributed by atoms with Gasteiger partial charge in [-0.15, -0.1) is 0 Å². The van der Waals surface area contributed by atoms with E-state index in [1.165, 1.54) is 6.92 Å². The molecule has 1 amide bonds. The van der Waals surface area contributed by atoms with Gasteiger partial charge in [0.25, 0.3) is 0 Å². The van der Waals surface area contributed by atoms with Gasteiger partial charge in [0, 0.05) is 26.1 Å². The van der Waals surface area contributed by atoms with Crippen molar-refractivity contribution < 1.29 is 13.2 Å². The van der Waals surface area contributed by atoms with Crippen LogP contribution in [0.3, 0.4) is 0 Å². The first-order chi connectivity index (χ1) is 9.86. The van der Waals surface area contributed by atoms with Gasteiger partial charge in [-0.05, 0) is 31.2 Å². The lowest BCUT2D eigenvalue weighted by molar-refractivity contribution is -0.118. The Morgan fingerprint density at radius 1 is 1.29 bits per heavy atom. The molecule has 1 rings (SSSR count). The lowest BCUT2D eigenvalue weighted by atomic mass is 10.1. The fourth-order valence-corrected chi connectivity index (χ4v) is 2.97. The Labute approximate surface area is 126 Å². The number of rotatable bonds is 8. The Morgan fingerprint density at radius 2 is 2.00 bits per heavy atom. The smallest absolute Gasteiger partial charge is 0.240 e. The minimum Gasteiger partial charge on any atom is -0.355 e. The Bertz CT molecular complexity index is 573. The molecule has 118 valence electrons. The van der Waals surface area contributed by atoms with Crippen molar-refractivity contribution in [1.82, 2.24) is 15.4 Å². The topological polar surface area (TPSA) is 87.3 Å². The zero-order chi connectivity index (χ0) is 15.9. The van der Waals surface area contributed by atoms with Crippen molar-refractivity contribution in [3.8, 4) is 0 Å². The molecule has 0 aliphatic carbocycles. The van der Waals surface area contributed by atoms with E-state index < -0.39 is 10.0 Å². The number of nitrogens with one attached hydrogen (secondary N) is 3. The second kappa shape index (κ2) is 8.11. The third-order valence-electron chi connectivity index (χ3n) is 2.97. The van der Waals surface area contributed by atoms with Crippen molar-refractivity contribution in [2.75, 3.05) is 19.6 Å². The fourth-order valence-electron chi connectivity index (χ4n) is 1.88. The molecule has 0 aliphatic rings. The maximum absolute atomic E-state index is 12.2. The summed E-state index contributed by atoms with van der Waals surface area (Å²) >= 11 is 0. The molecule has 1 unspecified atom stereocenters. The van der Waals surface area contributed by atoms with Gasteiger partial charge in [0.1, 0.15) is 0 Å². The first-order valence-electron chi connectivity index (χ1n) is 6.94. The summed E-state index contributed by atoms with van der Waals surface area (Å²) in [6, 6.07) is 6.93. The van der Waals surface area contributed by atoms with Crippen molar-refractivity contribution >= 4 is 15.9 Å². The molecule has 0 heterocycles. The van der Waals surface area contributed by atoms with Crippen LogP contribution in [-0.2, 0) is 14.8 Å². The predicted molar refractivity (Wildman–Crippen MR) is 82.4 cm³/mol. The molecule has 3 N–H and O–H groups in total. The molecule has 6 nitrogen and oxygen atoms in total. The zero-order valence-electron chi connectivity index (χ0n) is 12.6. The van der Waals surface area contributed by atoms with Crippen molar-refractivity contribution in [2.24, 2.45) is 0 Å². The molecular formula is C14H23N3O3S. The van der Waals surface area contributed by atoms with Crippen LogP contribution < -0.4 is 15.4 Å². The number of benzene rings is 1. The normalized spacial score (nSPS) is 12.9. The molecule has 0 saturated heterocycles. The Hall–Kier alpha value is -1.44. The second-order valence-electron chi connectivity index (χ2n) is 4.73. The fraction of sp³-hybridized carbons (Fsp3) is 0.500. The summed E-state index contributed by atoms with van der Waals surface area (Å²) in [5.41, 5.74) is 0.918. The zero-order valence-corrected chi connectivity index (χ0v) is 13.5. The van der Waals surface area contributed by atoms with Crippen LogP contribution in [0.25, 0.3) is 0 Å². The van der Waals surface area contributed by atoms with Crippen molar-refractivity contribution in [1.29, 1.82) is 0 Å². The van der Waals surface area contributed by atoms with Crippen molar-refractivity contribution in [3.63, 3.8) is 0 Å². The van der Waals surface area contributed by atoms with Gasteiger partial charge in [-0.3, -0.25) is 4.79 Å². The molecule has 1 aromatic rings. The molecule has 0 aliphatic heterocycles. The monoisotopic (exact) mass is 313 g/mol. The van der Waals surface area contributed by atoms with Crippen molar-refractivity contribution in [3.05, 3.63) is 29.8 Å². The van der Waals surface area contributed by atoms with Crippen LogP contribution in [0.5, 0.6) is 0 Å². The molecule has 7 heteroatoms. The molecular weight excluding hydrogens is 290 g/mol. The van der Waals surface area contributed by atoms with Crippen LogP contribution in [0.2, 0.25) is 0 Å². The minimum absolute atomic E-state index is 0.0875. The number of hydrogen-bond donors (Lipinski definition) is 3. The molecule has 0 fully saturated rings. The largest absolute Gasteiger partial charge is 0.355 e. The number of amides is 1. The number of hydrogen-bond acceptors (Lipinski definition) is 4. The Balaban J connectivity index is 2.74. The quantitative estimate of drug-likeness (QED) is 0.619. The number of carbonyl (C=O) groups excluding carboxylic acids is 1. The number of carbonyl (C=O) groups is 1. The molecule has 1 atom stereocenters. The van der Waals surface area contributed by atoms with Gasteiger partial charge in [-0.25, -0.2) is 13.1 Å². The lowest BCUT2D eigenvalue weighted by Gasteiger charge is -2.14. The van der Waals surface area contributed by atoms with Gasteiger partial charge >= 0.3 is 0 Å². The Kier molecular flexibility index (Phi) is 6.80. The molecule has 21 heavy (non-hydrogen) atoms. The first kappa shape index (κ1) is 17.6. The maximum atomic E-state index is 12.2. The summed E-state index contributed by atoms with van der Waals surface area (Å²) in [5.74, 6) is -0.185. The van der Waals surface area contributed by atoms with Crippen LogP contribution >= 0.6 is 0 Å². The summed E-state index contributed by atoms with van der Waals surface area (Å²) in [7, 11) is -3.56. The number of sulfonamides is 1. The summed E-state index contributed by atoms with van der Waals surface area (Å²) in [4.78, 5) is 11.0. The molecule has 1 aromatic carbocycles. The van der Waals surface area contributed by atoms with E-state index in [4.69, 9.17) is 0 Å². The van der Waals surface area contributed by atoms with E-state index in [1.807, 2.05) is 19.9 Å². The summed E-state index contributed by atoms with van der Waals surface area (Å²) < 4.78 is 26.8. The van der Waals surface area contributed by atoms with E-state index in [2.05, 4.69) is 15.4 Å². The maximum Gasteiger partial charge on any atom is 0.240 e. The minimum atomic E-state index is -3.56. The average Bonchev–Trinajstić information content (AvgIpc) is 2.44. The molecule has 0 saturated carbocycles. The van der Waals surface area contributed by atoms with Crippen LogP contribution in [-0.4, -0.2) is 34.0 Å². The summed E-state index contributed by atoms with van der Waals surface area (Å²) in [6.07, 6.45) is 0. The Morgan fingerprint density at radius 3 is 2.62 bits per heavy atom. The van der Waals surface area contributed by atoms with Gasteiger partial charge in [-0.1, -0.05) is 19.1 Å².